The van der Waals surface area contributed by atoms with Crippen molar-refractivity contribution in [2.45, 2.75) is 130 Å². The van der Waals surface area contributed by atoms with Crippen LogP contribution in [0.5, 0.6) is 0 Å². The van der Waals surface area contributed by atoms with Gasteiger partial charge in [0, 0.05) is 42.0 Å². The smallest absolute Gasteiger partial charge is 0.245 e. The number of nitrogens with one attached hydrogen (secondary N) is 7. The van der Waals surface area contributed by atoms with Crippen LogP contribution in [0.3, 0.4) is 0 Å². The van der Waals surface area contributed by atoms with Crippen molar-refractivity contribution in [3.8, 4) is 0 Å². The molecule has 0 unspecified atom stereocenters. The molecule has 2 aromatic rings. The molecule has 1 fully saturated rings. The van der Waals surface area contributed by atoms with Crippen LogP contribution in [0.2, 0.25) is 0 Å². The number of amides is 7. The molecule has 4 rings (SSSR count). The van der Waals surface area contributed by atoms with E-state index in [0.29, 0.717) is 66.7 Å². The Hall–Kier alpha value is -6.17. The van der Waals surface area contributed by atoms with Crippen molar-refractivity contribution in [2.24, 2.45) is 17.6 Å². The van der Waals surface area contributed by atoms with E-state index in [2.05, 4.69) is 37.2 Å². The van der Waals surface area contributed by atoms with Gasteiger partial charge in [0.25, 0.3) is 0 Å². The van der Waals surface area contributed by atoms with Crippen LogP contribution in [0.1, 0.15) is 125 Å². The Kier molecular flexibility index (Phi) is 19.2. The van der Waals surface area contributed by atoms with Gasteiger partial charge in [0.1, 0.15) is 30.2 Å². The van der Waals surface area contributed by atoms with E-state index in [-0.39, 0.29) is 55.1 Å². The number of carbonyl (C=O) groups is 9. The van der Waals surface area contributed by atoms with Crippen LogP contribution in [-0.4, -0.2) is 120 Å². The fourth-order valence-corrected chi connectivity index (χ4v) is 7.91. The molecule has 7 amide bonds. The Bertz CT molecular complexity index is 2090. The van der Waals surface area contributed by atoms with Crippen LogP contribution in [0, 0.1) is 11.8 Å². The first-order valence-electron chi connectivity index (χ1n) is 22.7. The van der Waals surface area contributed by atoms with Gasteiger partial charge in [0.15, 0.2) is 11.6 Å². The Morgan fingerprint density at radius 3 is 1.97 bits per heavy atom. The van der Waals surface area contributed by atoms with Crippen LogP contribution in [0.4, 0.5) is 5.69 Å². The average Bonchev–Trinajstić information content (AvgIpc) is 3.76. The van der Waals surface area contributed by atoms with Gasteiger partial charge < -0.3 is 47.9 Å². The van der Waals surface area contributed by atoms with Crippen LogP contribution in [0.25, 0.3) is 0 Å². The fourth-order valence-electron chi connectivity index (χ4n) is 7.91. The van der Waals surface area contributed by atoms with E-state index < -0.39 is 78.2 Å². The van der Waals surface area contributed by atoms with Crippen molar-refractivity contribution in [1.82, 2.24) is 36.8 Å². The first-order valence-corrected chi connectivity index (χ1v) is 22.7. The summed E-state index contributed by atoms with van der Waals surface area (Å²) in [5.74, 6) is -4.21. The number of nitrogens with two attached hydrogens (primary N) is 1. The maximum Gasteiger partial charge on any atom is 0.245 e. The third-order valence-corrected chi connectivity index (χ3v) is 11.2. The van der Waals surface area contributed by atoms with Gasteiger partial charge in [0.2, 0.25) is 41.4 Å². The van der Waals surface area contributed by atoms with Gasteiger partial charge in [-0.15, -0.1) is 0 Å². The number of hydrogen-bond acceptors (Lipinski definition) is 11. The van der Waals surface area contributed by atoms with Crippen molar-refractivity contribution in [2.75, 3.05) is 31.5 Å². The second-order valence-corrected chi connectivity index (χ2v) is 17.7. The molecule has 6 atom stereocenters. The molecule has 9 N–H and O–H groups in total. The Morgan fingerprint density at radius 1 is 0.692 bits per heavy atom. The summed E-state index contributed by atoms with van der Waals surface area (Å²) >= 11 is 0. The van der Waals surface area contributed by atoms with Crippen molar-refractivity contribution in [3.05, 3.63) is 64.7 Å². The third kappa shape index (κ3) is 14.2. The lowest BCUT2D eigenvalue weighted by Gasteiger charge is -2.29. The molecule has 18 nitrogen and oxygen atoms in total. The normalized spacial score (nSPS) is 16.6. The minimum Gasteiger partial charge on any atom is -0.384 e. The van der Waals surface area contributed by atoms with Crippen LogP contribution in [0.15, 0.2) is 42.5 Å². The third-order valence-electron chi connectivity index (χ3n) is 11.2. The van der Waals surface area contributed by atoms with Crippen molar-refractivity contribution in [3.63, 3.8) is 0 Å². The molecule has 354 valence electrons. The van der Waals surface area contributed by atoms with Gasteiger partial charge in [0.05, 0.1) is 18.2 Å². The summed E-state index contributed by atoms with van der Waals surface area (Å²) in [5, 5.41) is 19.3. The van der Waals surface area contributed by atoms with Gasteiger partial charge in [-0.05, 0) is 70.3 Å². The largest absolute Gasteiger partial charge is 0.384 e. The summed E-state index contributed by atoms with van der Waals surface area (Å²) in [5.41, 5.74) is 7.52. The molecule has 0 saturated carbocycles. The van der Waals surface area contributed by atoms with Gasteiger partial charge in [-0.1, -0.05) is 77.4 Å². The molecule has 0 radical (unpaired) electrons. The lowest BCUT2D eigenvalue weighted by atomic mass is 9.83. The minimum atomic E-state index is -1.05. The number of anilines is 1. The number of ketones is 2. The van der Waals surface area contributed by atoms with Crippen LogP contribution < -0.4 is 43.0 Å². The maximum absolute atomic E-state index is 14.0. The molecule has 0 bridgehead atoms. The molecule has 0 spiro atoms. The maximum atomic E-state index is 14.0. The zero-order valence-electron chi connectivity index (χ0n) is 38.6. The van der Waals surface area contributed by atoms with Gasteiger partial charge in [-0.3, -0.25) is 43.2 Å². The lowest BCUT2D eigenvalue weighted by molar-refractivity contribution is -0.141. The first-order chi connectivity index (χ1) is 30.8. The second kappa shape index (κ2) is 24.2. The van der Waals surface area contributed by atoms with E-state index in [1.165, 1.54) is 18.7 Å². The fraction of sp³-hybridized carbons (Fsp3) is 0.553. The number of hydrogen-bond donors (Lipinski definition) is 8. The molecule has 1 heterocycles. The van der Waals surface area contributed by atoms with E-state index in [1.807, 2.05) is 34.6 Å². The Labute approximate surface area is 381 Å². The number of nitrogens with zero attached hydrogens (tertiary/aromatic N) is 1. The summed E-state index contributed by atoms with van der Waals surface area (Å²) in [7, 11) is 0. The van der Waals surface area contributed by atoms with Gasteiger partial charge in [-0.25, -0.2) is 0 Å². The quantitative estimate of drug-likeness (QED) is 0.0635. The number of carbonyl (C=O) groups excluding carboxylic acids is 9. The SMILES string of the molecule is CCC[C@H](NC(=O)[C@H](C)NC(=O)[C@@H](C)N)C(=O)N[C@@H](CC(C)C)C(=O)NCC(=O)N[C@@H](CC(C)C)C(=O)N1CCC[C@H]1C(=O)NCCCNc1cccc2c1C(=O)c1ccccc1C2=O. The molecule has 65 heavy (non-hydrogen) atoms. The highest BCUT2D eigenvalue weighted by Crippen LogP contribution is 2.32. The van der Waals surface area contributed by atoms with Crippen molar-refractivity contribution >= 4 is 58.6 Å². The highest BCUT2D eigenvalue weighted by Gasteiger charge is 2.38. The summed E-state index contributed by atoms with van der Waals surface area (Å²) < 4.78 is 0. The minimum absolute atomic E-state index is 0.00901. The number of rotatable bonds is 23. The highest BCUT2D eigenvalue weighted by atomic mass is 16.2. The topological polar surface area (TPSA) is 267 Å². The predicted molar refractivity (Wildman–Crippen MR) is 244 cm³/mol. The molecule has 2 aromatic carbocycles. The standard InChI is InChI=1S/C47H67N9O9/c1-8-14-34(54-43(61)29(7)52-42(60)28(6)48)45(63)55-35(23-26(2)3)44(62)51-25-38(57)53-36(24-27(4)5)47(65)56-22-12-19-37(56)46(64)50-21-13-20-49-33-18-11-17-32-39(33)41(59)31-16-10-9-15-30(31)40(32)58/h9-11,15-18,26-29,34-37,49H,8,12-14,19-25,48H2,1-7H3,(H,50,64)(H,51,62)(H,52,60)(H,53,57)(H,54,61)(H,55,63)/t28-,29+,34+,35+,36+,37+/m1/s1. The molecule has 1 aliphatic carbocycles. The average molecular weight is 902 g/mol. The van der Waals surface area contributed by atoms with Gasteiger partial charge >= 0.3 is 0 Å². The zero-order valence-corrected chi connectivity index (χ0v) is 38.6. The first kappa shape index (κ1) is 51.5. The molecule has 2 aliphatic rings. The molecular weight excluding hydrogens is 835 g/mol. The number of likely N-dealkylation sites (tertiary alicyclic amines) is 1. The molecule has 18 heteroatoms. The van der Waals surface area contributed by atoms with E-state index in [0.717, 1.165) is 0 Å². The number of fused-ring (bicyclic) bond motifs is 2. The zero-order chi connectivity index (χ0) is 48.0. The van der Waals surface area contributed by atoms with Crippen molar-refractivity contribution in [1.29, 1.82) is 0 Å². The van der Waals surface area contributed by atoms with E-state index in [4.69, 9.17) is 5.73 Å². The van der Waals surface area contributed by atoms with E-state index in [9.17, 15) is 43.2 Å². The van der Waals surface area contributed by atoms with Crippen LogP contribution >= 0.6 is 0 Å². The van der Waals surface area contributed by atoms with Gasteiger partial charge in [-0.2, -0.15) is 0 Å². The molecule has 1 aliphatic heterocycles. The second-order valence-electron chi connectivity index (χ2n) is 17.7. The lowest BCUT2D eigenvalue weighted by Crippen LogP contribution is -2.58. The van der Waals surface area contributed by atoms with Crippen molar-refractivity contribution < 1.29 is 43.2 Å². The number of benzene rings is 2. The van der Waals surface area contributed by atoms with Crippen LogP contribution in [-0.2, 0) is 33.6 Å². The summed E-state index contributed by atoms with van der Waals surface area (Å²) in [6.45, 7) is 12.8. The van der Waals surface area contributed by atoms with E-state index in [1.54, 1.807) is 42.5 Å². The monoisotopic (exact) mass is 902 g/mol. The summed E-state index contributed by atoms with van der Waals surface area (Å²) in [6.07, 6.45) is 2.81. The van der Waals surface area contributed by atoms with E-state index >= 15 is 0 Å². The Balaban J connectivity index is 1.30. The summed E-state index contributed by atoms with van der Waals surface area (Å²) in [4.78, 5) is 120. The Morgan fingerprint density at radius 2 is 1.32 bits per heavy atom. The molecule has 0 aromatic heterocycles. The molecule has 1 saturated heterocycles. The summed E-state index contributed by atoms with van der Waals surface area (Å²) in [6, 6.07) is 6.27. The molecular formula is C47H67N9O9. The predicted octanol–water partition coefficient (Wildman–Crippen LogP) is 1.69. The highest BCUT2D eigenvalue weighted by molar-refractivity contribution is 6.30.